The van der Waals surface area contributed by atoms with Crippen molar-refractivity contribution >= 4 is 21.8 Å². The minimum absolute atomic E-state index is 0.0237. The maximum atomic E-state index is 12.1. The van der Waals surface area contributed by atoms with E-state index in [1.165, 1.54) is 12.8 Å². The molecule has 4 heteroatoms. The van der Waals surface area contributed by atoms with Crippen molar-refractivity contribution in [3.8, 4) is 5.75 Å². The van der Waals surface area contributed by atoms with Crippen molar-refractivity contribution < 1.29 is 9.53 Å². The lowest BCUT2D eigenvalue weighted by atomic mass is 10.2. The fourth-order valence-electron chi connectivity index (χ4n) is 2.17. The van der Waals surface area contributed by atoms with Gasteiger partial charge in [0.1, 0.15) is 5.75 Å². The second-order valence-electron chi connectivity index (χ2n) is 4.71. The Morgan fingerprint density at radius 2 is 2.33 bits per heavy atom. The Balaban J connectivity index is 2.01. The van der Waals surface area contributed by atoms with Gasteiger partial charge in [0.15, 0.2) is 0 Å². The number of hydrogen-bond donors (Lipinski definition) is 1. The highest BCUT2D eigenvalue weighted by Gasteiger charge is 2.37. The molecule has 0 heterocycles. The summed E-state index contributed by atoms with van der Waals surface area (Å²) in [5.74, 6) is 1.34. The number of ether oxygens (including phenoxy) is 1. The zero-order chi connectivity index (χ0) is 13.1. The molecule has 98 valence electrons. The zero-order valence-electron chi connectivity index (χ0n) is 10.7. The van der Waals surface area contributed by atoms with Crippen LogP contribution in [0.2, 0.25) is 0 Å². The van der Waals surface area contributed by atoms with Crippen LogP contribution in [0.15, 0.2) is 22.7 Å². The summed E-state index contributed by atoms with van der Waals surface area (Å²) in [6, 6.07) is 5.79. The van der Waals surface area contributed by atoms with Crippen LogP contribution in [0.1, 0.15) is 36.5 Å². The van der Waals surface area contributed by atoms with Gasteiger partial charge >= 0.3 is 0 Å². The zero-order valence-corrected chi connectivity index (χ0v) is 12.3. The van der Waals surface area contributed by atoms with Crippen LogP contribution in [0.25, 0.3) is 0 Å². The van der Waals surface area contributed by atoms with Crippen LogP contribution < -0.4 is 10.1 Å². The smallest absolute Gasteiger partial charge is 0.252 e. The second kappa shape index (κ2) is 5.74. The number of nitrogens with one attached hydrogen (secondary N) is 1. The molecular weight excluding hydrogens is 294 g/mol. The summed E-state index contributed by atoms with van der Waals surface area (Å²) in [7, 11) is 1.60. The molecule has 2 rings (SSSR count). The first-order chi connectivity index (χ1) is 8.65. The van der Waals surface area contributed by atoms with Crippen LogP contribution in [-0.2, 0) is 0 Å². The first kappa shape index (κ1) is 13.4. The van der Waals surface area contributed by atoms with Gasteiger partial charge in [0.2, 0.25) is 0 Å². The highest BCUT2D eigenvalue weighted by molar-refractivity contribution is 9.10. The van der Waals surface area contributed by atoms with Crippen LogP contribution in [0.3, 0.4) is 0 Å². The van der Waals surface area contributed by atoms with Gasteiger partial charge in [-0.3, -0.25) is 4.79 Å². The molecule has 1 amide bonds. The van der Waals surface area contributed by atoms with Crippen LogP contribution in [0.5, 0.6) is 5.75 Å². The molecule has 3 nitrogen and oxygen atoms in total. The van der Waals surface area contributed by atoms with Crippen molar-refractivity contribution in [2.45, 2.75) is 32.2 Å². The quantitative estimate of drug-likeness (QED) is 0.905. The summed E-state index contributed by atoms with van der Waals surface area (Å²) in [6.45, 7) is 2.18. The van der Waals surface area contributed by atoms with Gasteiger partial charge < -0.3 is 10.1 Å². The lowest BCUT2D eigenvalue weighted by Crippen LogP contribution is -2.27. The van der Waals surface area contributed by atoms with Gasteiger partial charge in [-0.25, -0.2) is 0 Å². The lowest BCUT2D eigenvalue weighted by molar-refractivity contribution is 0.0947. The number of amides is 1. The van der Waals surface area contributed by atoms with Crippen LogP contribution >= 0.6 is 15.9 Å². The third-order valence-electron chi connectivity index (χ3n) is 3.32. The van der Waals surface area contributed by atoms with E-state index in [1.807, 2.05) is 12.1 Å². The summed E-state index contributed by atoms with van der Waals surface area (Å²) in [5, 5.41) is 3.07. The molecule has 1 aromatic rings. The number of carbonyl (C=O) groups is 1. The molecule has 1 saturated carbocycles. The van der Waals surface area contributed by atoms with E-state index in [1.54, 1.807) is 13.2 Å². The number of carbonyl (C=O) groups excluding carboxylic acids is 1. The number of halogens is 1. The maximum absolute atomic E-state index is 12.1. The molecule has 1 aliphatic carbocycles. The van der Waals surface area contributed by atoms with Crippen molar-refractivity contribution in [1.82, 2.24) is 5.32 Å². The Hall–Kier alpha value is -1.03. The minimum Gasteiger partial charge on any atom is -0.497 e. The number of methoxy groups -OCH3 is 1. The molecule has 1 aliphatic rings. The molecule has 0 radical (unpaired) electrons. The largest absolute Gasteiger partial charge is 0.497 e. The standard InChI is InChI=1S/C14H18BrNO2/c1-3-4-9-7-13(9)16-14(17)11-8-10(18-2)5-6-12(11)15/h5-6,8-9,13H,3-4,7H2,1-2H3,(H,16,17). The van der Waals surface area contributed by atoms with E-state index in [0.717, 1.165) is 10.9 Å². The first-order valence-electron chi connectivity index (χ1n) is 6.30. The third-order valence-corrected chi connectivity index (χ3v) is 4.01. The monoisotopic (exact) mass is 311 g/mol. The minimum atomic E-state index is -0.0237. The van der Waals surface area contributed by atoms with Crippen molar-refractivity contribution in [3.05, 3.63) is 28.2 Å². The SMILES string of the molecule is CCCC1CC1NC(=O)c1cc(OC)ccc1Br. The normalized spacial score (nSPS) is 21.5. The van der Waals surface area contributed by atoms with Crippen LogP contribution in [0, 0.1) is 5.92 Å². The van der Waals surface area contributed by atoms with E-state index in [0.29, 0.717) is 23.3 Å². The van der Waals surface area contributed by atoms with Crippen molar-refractivity contribution in [2.75, 3.05) is 7.11 Å². The van der Waals surface area contributed by atoms with Crippen molar-refractivity contribution in [2.24, 2.45) is 5.92 Å². The Kier molecular flexibility index (Phi) is 4.27. The Labute approximate surface area is 116 Å². The Bertz CT molecular complexity index is 447. The van der Waals surface area contributed by atoms with Crippen molar-refractivity contribution in [1.29, 1.82) is 0 Å². The molecule has 1 fully saturated rings. The van der Waals surface area contributed by atoms with E-state index in [4.69, 9.17) is 4.74 Å². The predicted molar refractivity (Wildman–Crippen MR) is 75.0 cm³/mol. The van der Waals surface area contributed by atoms with E-state index >= 15 is 0 Å². The van der Waals surface area contributed by atoms with Gasteiger partial charge in [-0.1, -0.05) is 13.3 Å². The highest BCUT2D eigenvalue weighted by atomic mass is 79.9. The fraction of sp³-hybridized carbons (Fsp3) is 0.500. The second-order valence-corrected chi connectivity index (χ2v) is 5.56. The van der Waals surface area contributed by atoms with E-state index in [9.17, 15) is 4.79 Å². The van der Waals surface area contributed by atoms with E-state index in [-0.39, 0.29) is 5.91 Å². The van der Waals surface area contributed by atoms with Gasteiger partial charge in [-0.15, -0.1) is 0 Å². The van der Waals surface area contributed by atoms with Gasteiger partial charge in [-0.05, 0) is 52.9 Å². The molecule has 0 bridgehead atoms. The molecule has 2 unspecified atom stereocenters. The topological polar surface area (TPSA) is 38.3 Å². The number of benzene rings is 1. The molecule has 1 aromatic carbocycles. The van der Waals surface area contributed by atoms with Gasteiger partial charge in [-0.2, -0.15) is 0 Å². The third kappa shape index (κ3) is 3.05. The summed E-state index contributed by atoms with van der Waals surface area (Å²) in [6.07, 6.45) is 3.49. The molecule has 2 atom stereocenters. The maximum Gasteiger partial charge on any atom is 0.252 e. The summed E-state index contributed by atoms with van der Waals surface area (Å²) >= 11 is 3.40. The fourth-order valence-corrected chi connectivity index (χ4v) is 2.59. The summed E-state index contributed by atoms with van der Waals surface area (Å²) in [5.41, 5.74) is 0.636. The van der Waals surface area contributed by atoms with Crippen molar-refractivity contribution in [3.63, 3.8) is 0 Å². The molecule has 0 saturated heterocycles. The first-order valence-corrected chi connectivity index (χ1v) is 7.09. The summed E-state index contributed by atoms with van der Waals surface area (Å²) < 4.78 is 5.94. The molecular formula is C14H18BrNO2. The Morgan fingerprint density at radius 3 is 3.00 bits per heavy atom. The predicted octanol–water partition coefficient (Wildman–Crippen LogP) is 3.38. The molecule has 0 spiro atoms. The highest BCUT2D eigenvalue weighted by Crippen LogP contribution is 2.35. The van der Waals surface area contributed by atoms with E-state index in [2.05, 4.69) is 28.2 Å². The van der Waals surface area contributed by atoms with Crippen LogP contribution in [-0.4, -0.2) is 19.1 Å². The average Bonchev–Trinajstić information content (AvgIpc) is 3.08. The molecule has 1 N–H and O–H groups in total. The molecule has 0 aromatic heterocycles. The lowest BCUT2D eigenvalue weighted by Gasteiger charge is -2.08. The van der Waals surface area contributed by atoms with Gasteiger partial charge in [0.05, 0.1) is 12.7 Å². The van der Waals surface area contributed by atoms with Crippen LogP contribution in [0.4, 0.5) is 0 Å². The number of rotatable bonds is 5. The Morgan fingerprint density at radius 1 is 1.56 bits per heavy atom. The average molecular weight is 312 g/mol. The molecule has 18 heavy (non-hydrogen) atoms. The summed E-state index contributed by atoms with van der Waals surface area (Å²) in [4.78, 5) is 12.1. The van der Waals surface area contributed by atoms with Gasteiger partial charge in [0.25, 0.3) is 5.91 Å². The van der Waals surface area contributed by atoms with E-state index < -0.39 is 0 Å². The number of hydrogen-bond acceptors (Lipinski definition) is 2. The van der Waals surface area contributed by atoms with Gasteiger partial charge in [0, 0.05) is 10.5 Å². The molecule has 0 aliphatic heterocycles.